The Kier molecular flexibility index (Phi) is 5.98. The first-order valence-electron chi connectivity index (χ1n) is 11.3. The van der Waals surface area contributed by atoms with Gasteiger partial charge < -0.3 is 19.5 Å². The molecule has 2 heterocycles. The Morgan fingerprint density at radius 1 is 1.16 bits per heavy atom. The van der Waals surface area contributed by atoms with E-state index in [0.29, 0.717) is 6.42 Å². The van der Waals surface area contributed by atoms with Crippen LogP contribution in [0.1, 0.15) is 42.5 Å². The number of carbonyl (C=O) groups excluding carboxylic acids is 1. The Morgan fingerprint density at radius 3 is 2.50 bits per heavy atom. The van der Waals surface area contributed by atoms with Crippen LogP contribution in [0.3, 0.4) is 0 Å². The van der Waals surface area contributed by atoms with Crippen molar-refractivity contribution in [2.24, 2.45) is 5.41 Å². The van der Waals surface area contributed by atoms with E-state index in [2.05, 4.69) is 11.9 Å². The van der Waals surface area contributed by atoms with Gasteiger partial charge in [0.1, 0.15) is 5.82 Å². The van der Waals surface area contributed by atoms with Crippen LogP contribution in [0.25, 0.3) is 11.1 Å². The highest BCUT2D eigenvalue weighted by Gasteiger charge is 2.54. The Balaban J connectivity index is 1.80. The second-order valence-electron chi connectivity index (χ2n) is 9.75. The summed E-state index contributed by atoms with van der Waals surface area (Å²) in [6.45, 7) is 1.68. The molecular weight excluding hydrogens is 409 g/mol. The van der Waals surface area contributed by atoms with E-state index >= 15 is 0 Å². The number of carbonyl (C=O) groups is 1. The summed E-state index contributed by atoms with van der Waals surface area (Å²) in [6.07, 6.45) is 6.08. The van der Waals surface area contributed by atoms with E-state index in [4.69, 9.17) is 0 Å². The van der Waals surface area contributed by atoms with Crippen LogP contribution in [0, 0.1) is 11.2 Å². The lowest BCUT2D eigenvalue weighted by Crippen LogP contribution is -2.60. The predicted octanol–water partition coefficient (Wildman–Crippen LogP) is 2.98. The Morgan fingerprint density at radius 2 is 1.84 bits per heavy atom. The predicted molar refractivity (Wildman–Crippen MR) is 122 cm³/mol. The standard InChI is InChI=1S/C25H32FN3O3/c1-27(2)23(31)20-15-29(22(30)14-19(20)18-8-4-5-9-21(18)26)17-25(32)12-13-28(3)16-24(25)10-6-7-11-24/h4-5,8-9,14-15,32H,6-7,10-13,16-17H2,1-3H3. The zero-order valence-corrected chi connectivity index (χ0v) is 19.1. The van der Waals surface area contributed by atoms with Crippen LogP contribution in [0.2, 0.25) is 0 Å². The molecule has 4 rings (SSSR count). The molecule has 7 heteroatoms. The minimum absolute atomic E-state index is 0.130. The lowest BCUT2D eigenvalue weighted by molar-refractivity contribution is -0.139. The number of hydrogen-bond donors (Lipinski definition) is 1. The van der Waals surface area contributed by atoms with Crippen molar-refractivity contribution >= 4 is 5.91 Å². The van der Waals surface area contributed by atoms with Gasteiger partial charge in [0.2, 0.25) is 0 Å². The average Bonchev–Trinajstić information content (AvgIpc) is 3.22. The highest BCUT2D eigenvalue weighted by Crippen LogP contribution is 2.51. The van der Waals surface area contributed by atoms with Gasteiger partial charge in [-0.2, -0.15) is 0 Å². The van der Waals surface area contributed by atoms with Gasteiger partial charge in [0, 0.05) is 56.0 Å². The van der Waals surface area contributed by atoms with Gasteiger partial charge in [0.25, 0.3) is 11.5 Å². The van der Waals surface area contributed by atoms with Crippen LogP contribution in [0.15, 0.2) is 41.3 Å². The van der Waals surface area contributed by atoms with E-state index in [-0.39, 0.29) is 40.1 Å². The molecule has 2 fully saturated rings. The number of aliphatic hydroxyl groups is 1. The molecule has 1 aromatic carbocycles. The third-order valence-corrected chi connectivity index (χ3v) is 7.39. The van der Waals surface area contributed by atoms with E-state index < -0.39 is 11.4 Å². The molecule has 1 aliphatic heterocycles. The van der Waals surface area contributed by atoms with Gasteiger partial charge in [0.05, 0.1) is 17.7 Å². The summed E-state index contributed by atoms with van der Waals surface area (Å²) >= 11 is 0. The first-order chi connectivity index (χ1) is 15.2. The summed E-state index contributed by atoms with van der Waals surface area (Å²) in [5.41, 5.74) is -0.898. The van der Waals surface area contributed by atoms with Crippen LogP contribution >= 0.6 is 0 Å². The molecule has 1 atom stereocenters. The lowest BCUT2D eigenvalue weighted by atomic mass is 9.66. The molecule has 2 aromatic rings. The van der Waals surface area contributed by atoms with Crippen molar-refractivity contribution in [1.29, 1.82) is 0 Å². The van der Waals surface area contributed by atoms with Crippen molar-refractivity contribution in [3.63, 3.8) is 0 Å². The second-order valence-corrected chi connectivity index (χ2v) is 9.75. The molecule has 1 spiro atoms. The van der Waals surface area contributed by atoms with E-state index in [9.17, 15) is 19.1 Å². The highest BCUT2D eigenvalue weighted by atomic mass is 19.1. The summed E-state index contributed by atoms with van der Waals surface area (Å²) in [6, 6.07) is 7.46. The first kappa shape index (κ1) is 22.7. The zero-order chi connectivity index (χ0) is 23.1. The zero-order valence-electron chi connectivity index (χ0n) is 19.1. The Bertz CT molecular complexity index is 1070. The van der Waals surface area contributed by atoms with Crippen molar-refractivity contribution in [1.82, 2.24) is 14.4 Å². The number of pyridine rings is 1. The molecule has 1 N–H and O–H groups in total. The summed E-state index contributed by atoms with van der Waals surface area (Å²) in [7, 11) is 5.32. The molecular formula is C25H32FN3O3. The molecule has 1 unspecified atom stereocenters. The molecule has 32 heavy (non-hydrogen) atoms. The summed E-state index contributed by atoms with van der Waals surface area (Å²) < 4.78 is 16.0. The maximum absolute atomic E-state index is 14.5. The van der Waals surface area contributed by atoms with E-state index in [1.54, 1.807) is 32.3 Å². The first-order valence-corrected chi connectivity index (χ1v) is 11.3. The molecule has 6 nitrogen and oxygen atoms in total. The van der Waals surface area contributed by atoms with Gasteiger partial charge in [-0.3, -0.25) is 9.59 Å². The van der Waals surface area contributed by atoms with E-state index in [1.165, 1.54) is 27.8 Å². The molecule has 0 radical (unpaired) electrons. The summed E-state index contributed by atoms with van der Waals surface area (Å²) in [4.78, 5) is 29.8. The SMILES string of the molecule is CN1CCC(O)(Cn2cc(C(=O)N(C)C)c(-c3ccccc3F)cc2=O)C2(CCCC2)C1. The van der Waals surface area contributed by atoms with Gasteiger partial charge in [-0.1, -0.05) is 31.0 Å². The molecule has 172 valence electrons. The minimum atomic E-state index is -1.03. The number of hydrogen-bond acceptors (Lipinski definition) is 4. The molecule has 1 saturated heterocycles. The largest absolute Gasteiger partial charge is 0.387 e. The van der Waals surface area contributed by atoms with Gasteiger partial charge >= 0.3 is 0 Å². The van der Waals surface area contributed by atoms with Crippen LogP contribution < -0.4 is 5.56 Å². The molecule has 0 bridgehead atoms. The maximum atomic E-state index is 14.5. The van der Waals surface area contributed by atoms with Crippen LogP contribution in [0.4, 0.5) is 4.39 Å². The fraction of sp³-hybridized carbons (Fsp3) is 0.520. The third-order valence-electron chi connectivity index (χ3n) is 7.39. The fourth-order valence-corrected chi connectivity index (χ4v) is 5.60. The molecule has 1 amide bonds. The van der Waals surface area contributed by atoms with Crippen molar-refractivity contribution in [2.75, 3.05) is 34.2 Å². The number of halogens is 1. The monoisotopic (exact) mass is 441 g/mol. The average molecular weight is 442 g/mol. The van der Waals surface area contributed by atoms with Gasteiger partial charge in [0.15, 0.2) is 0 Å². The number of piperidine rings is 1. The number of aromatic nitrogens is 1. The summed E-state index contributed by atoms with van der Waals surface area (Å²) in [5.74, 6) is -0.806. The Labute approximate surface area is 188 Å². The number of likely N-dealkylation sites (tertiary alicyclic amines) is 1. The van der Waals surface area contributed by atoms with E-state index in [1.807, 2.05) is 0 Å². The fourth-order valence-electron chi connectivity index (χ4n) is 5.60. The number of nitrogens with zero attached hydrogens (tertiary/aromatic N) is 3. The Hall–Kier alpha value is -2.51. The normalized spacial score (nSPS) is 22.9. The van der Waals surface area contributed by atoms with Gasteiger partial charge in [-0.05, 0) is 32.4 Å². The highest BCUT2D eigenvalue weighted by molar-refractivity contribution is 6.00. The molecule has 1 aromatic heterocycles. The van der Waals surface area contributed by atoms with Crippen molar-refractivity contribution in [2.45, 2.75) is 44.2 Å². The van der Waals surface area contributed by atoms with Crippen molar-refractivity contribution in [3.05, 3.63) is 58.3 Å². The van der Waals surface area contributed by atoms with Crippen molar-refractivity contribution < 1.29 is 14.3 Å². The smallest absolute Gasteiger partial charge is 0.255 e. The minimum Gasteiger partial charge on any atom is -0.387 e. The maximum Gasteiger partial charge on any atom is 0.255 e. The van der Waals surface area contributed by atoms with Crippen LogP contribution in [0.5, 0.6) is 0 Å². The quantitative estimate of drug-likeness (QED) is 0.792. The molecule has 1 aliphatic carbocycles. The summed E-state index contributed by atoms with van der Waals surface area (Å²) in [5, 5.41) is 11.8. The molecule has 1 saturated carbocycles. The lowest BCUT2D eigenvalue weighted by Gasteiger charge is -2.51. The van der Waals surface area contributed by atoms with Crippen LogP contribution in [-0.2, 0) is 6.54 Å². The number of amides is 1. The number of benzene rings is 1. The van der Waals surface area contributed by atoms with Crippen molar-refractivity contribution in [3.8, 4) is 11.1 Å². The van der Waals surface area contributed by atoms with Gasteiger partial charge in [-0.15, -0.1) is 0 Å². The topological polar surface area (TPSA) is 65.8 Å². The van der Waals surface area contributed by atoms with E-state index in [0.717, 1.165) is 38.8 Å². The molecule has 2 aliphatic rings. The second kappa shape index (κ2) is 8.45. The number of rotatable bonds is 4. The third kappa shape index (κ3) is 3.88. The van der Waals surface area contributed by atoms with Gasteiger partial charge in [-0.25, -0.2) is 4.39 Å². The van der Waals surface area contributed by atoms with Crippen LogP contribution in [-0.4, -0.2) is 65.2 Å².